The van der Waals surface area contributed by atoms with E-state index >= 15 is 0 Å². The average molecular weight is 541 g/mol. The van der Waals surface area contributed by atoms with Gasteiger partial charge >= 0.3 is 10.2 Å². The number of terminal acetylenes is 1. The number of hydrogen-bond donors (Lipinski definition) is 1. The van der Waals surface area contributed by atoms with Gasteiger partial charge in [-0.3, -0.25) is 4.79 Å². The highest BCUT2D eigenvalue weighted by molar-refractivity contribution is 7.86. The lowest BCUT2D eigenvalue weighted by molar-refractivity contribution is 0.365. The zero-order valence-corrected chi connectivity index (χ0v) is 22.7. The number of nitrogens with one attached hydrogen (secondary N) is 1. The summed E-state index contributed by atoms with van der Waals surface area (Å²) in [5.74, 6) is 2.71. The number of benzene rings is 3. The number of aromatic nitrogens is 2. The summed E-state index contributed by atoms with van der Waals surface area (Å²) in [6.45, 7) is 4.07. The van der Waals surface area contributed by atoms with Gasteiger partial charge in [-0.2, -0.15) is 8.42 Å². The first-order valence-electron chi connectivity index (χ1n) is 13.4. The van der Waals surface area contributed by atoms with Crippen molar-refractivity contribution >= 4 is 43.1 Å². The van der Waals surface area contributed by atoms with Gasteiger partial charge in [0.1, 0.15) is 5.65 Å². The molecular weight excluding hydrogens is 511 g/mol. The summed E-state index contributed by atoms with van der Waals surface area (Å²) >= 11 is 0. The monoisotopic (exact) mass is 540 g/mol. The van der Waals surface area contributed by atoms with Crippen LogP contribution in [0.3, 0.4) is 0 Å². The highest BCUT2D eigenvalue weighted by Crippen LogP contribution is 2.39. The van der Waals surface area contributed by atoms with Crippen molar-refractivity contribution in [3.05, 3.63) is 75.9 Å². The number of pyridine rings is 1. The third-order valence-electron chi connectivity index (χ3n) is 8.07. The summed E-state index contributed by atoms with van der Waals surface area (Å²) in [5.41, 5.74) is 5.35. The lowest BCUT2D eigenvalue weighted by Crippen LogP contribution is -2.18. The predicted molar refractivity (Wildman–Crippen MR) is 155 cm³/mol. The van der Waals surface area contributed by atoms with E-state index in [0.717, 1.165) is 64.4 Å². The Balaban J connectivity index is 1.76. The minimum absolute atomic E-state index is 0.0365. The SMILES string of the molecule is C#Cc1ccc2c(c1)[nH]c1c2c(=O)c2cc(C(C)C)c(-c3cccc(S(=O)(=O)F)c3)cc2n1C1CCCCC1. The third-order valence-corrected chi connectivity index (χ3v) is 8.89. The molecule has 2 aromatic heterocycles. The minimum Gasteiger partial charge on any atom is -0.340 e. The molecule has 5 nitrogen and oxygen atoms in total. The first-order chi connectivity index (χ1) is 18.7. The molecule has 0 saturated heterocycles. The Morgan fingerprint density at radius 2 is 1.79 bits per heavy atom. The van der Waals surface area contributed by atoms with Crippen LogP contribution in [-0.2, 0) is 10.2 Å². The number of hydrogen-bond acceptors (Lipinski definition) is 3. The second-order valence-electron chi connectivity index (χ2n) is 10.8. The van der Waals surface area contributed by atoms with E-state index in [1.807, 2.05) is 44.2 Å². The van der Waals surface area contributed by atoms with Crippen LogP contribution in [0.2, 0.25) is 0 Å². The van der Waals surface area contributed by atoms with Crippen molar-refractivity contribution in [2.24, 2.45) is 0 Å². The van der Waals surface area contributed by atoms with E-state index in [2.05, 4.69) is 15.5 Å². The summed E-state index contributed by atoms with van der Waals surface area (Å²) in [6, 6.07) is 15.8. The molecule has 5 aromatic rings. The maximum atomic E-state index is 14.2. The summed E-state index contributed by atoms with van der Waals surface area (Å²) in [4.78, 5) is 17.3. The van der Waals surface area contributed by atoms with Crippen LogP contribution in [0.5, 0.6) is 0 Å². The molecule has 0 unspecified atom stereocenters. The Kier molecular flexibility index (Phi) is 6.11. The number of H-pyrrole nitrogens is 1. The zero-order valence-electron chi connectivity index (χ0n) is 21.9. The van der Waals surface area contributed by atoms with Crippen LogP contribution < -0.4 is 5.43 Å². The Morgan fingerprint density at radius 3 is 2.49 bits per heavy atom. The van der Waals surface area contributed by atoms with Crippen LogP contribution in [0.4, 0.5) is 3.89 Å². The molecule has 7 heteroatoms. The predicted octanol–water partition coefficient (Wildman–Crippen LogP) is 7.57. The normalized spacial score (nSPS) is 14.9. The zero-order chi connectivity index (χ0) is 27.5. The van der Waals surface area contributed by atoms with Gasteiger partial charge in [-0.25, -0.2) is 0 Å². The van der Waals surface area contributed by atoms with E-state index in [4.69, 9.17) is 6.42 Å². The van der Waals surface area contributed by atoms with Crippen LogP contribution in [0.25, 0.3) is 44.0 Å². The Hall–Kier alpha value is -3.89. The molecule has 3 aromatic carbocycles. The molecule has 1 aliphatic rings. The van der Waals surface area contributed by atoms with E-state index in [1.165, 1.54) is 18.6 Å². The van der Waals surface area contributed by atoms with Crippen LogP contribution in [-0.4, -0.2) is 18.0 Å². The van der Waals surface area contributed by atoms with Crippen molar-refractivity contribution in [2.75, 3.05) is 0 Å². The molecule has 0 spiro atoms. The van der Waals surface area contributed by atoms with Gasteiger partial charge in [0.25, 0.3) is 0 Å². The Labute approximate surface area is 226 Å². The standard InChI is InChI=1S/C32H29FN2O3S/c1-4-20-13-14-24-28(15-20)34-32-30(24)31(36)27-17-25(19(2)3)26(21-9-8-12-23(16-21)39(33,37)38)18-29(27)35(32)22-10-6-5-7-11-22/h1,8-9,12-19,22,34H,5-7,10-11H2,2-3H3. The largest absolute Gasteiger partial charge is 0.340 e. The van der Waals surface area contributed by atoms with Gasteiger partial charge in [-0.15, -0.1) is 10.3 Å². The summed E-state index contributed by atoms with van der Waals surface area (Å²) in [7, 11) is -4.86. The van der Waals surface area contributed by atoms with Crippen molar-refractivity contribution in [2.45, 2.75) is 62.8 Å². The first-order valence-corrected chi connectivity index (χ1v) is 14.7. The van der Waals surface area contributed by atoms with E-state index in [-0.39, 0.29) is 22.3 Å². The maximum Gasteiger partial charge on any atom is 0.332 e. The topological polar surface area (TPSA) is 71.9 Å². The lowest BCUT2D eigenvalue weighted by Gasteiger charge is -2.28. The van der Waals surface area contributed by atoms with Crippen molar-refractivity contribution in [1.29, 1.82) is 0 Å². The van der Waals surface area contributed by atoms with Gasteiger partial charge in [0.2, 0.25) is 0 Å². The molecule has 0 amide bonds. The van der Waals surface area contributed by atoms with Crippen molar-refractivity contribution < 1.29 is 12.3 Å². The van der Waals surface area contributed by atoms with Crippen LogP contribution >= 0.6 is 0 Å². The van der Waals surface area contributed by atoms with Gasteiger partial charge in [0.05, 0.1) is 15.8 Å². The van der Waals surface area contributed by atoms with Crippen molar-refractivity contribution in [3.8, 4) is 23.5 Å². The molecule has 198 valence electrons. The van der Waals surface area contributed by atoms with Crippen molar-refractivity contribution in [3.63, 3.8) is 0 Å². The number of rotatable bonds is 4. The van der Waals surface area contributed by atoms with E-state index in [1.54, 1.807) is 12.1 Å². The summed E-state index contributed by atoms with van der Waals surface area (Å²) in [5, 5.41) is 2.12. The Morgan fingerprint density at radius 1 is 1.03 bits per heavy atom. The van der Waals surface area contributed by atoms with Crippen molar-refractivity contribution in [1.82, 2.24) is 9.55 Å². The summed E-state index contributed by atoms with van der Waals surface area (Å²) < 4.78 is 39.6. The maximum absolute atomic E-state index is 14.2. The quantitative estimate of drug-likeness (QED) is 0.189. The van der Waals surface area contributed by atoms with Crippen LogP contribution in [0.1, 0.15) is 69.0 Å². The molecule has 1 N–H and O–H groups in total. The van der Waals surface area contributed by atoms with Crippen LogP contribution in [0, 0.1) is 12.3 Å². The number of halogens is 1. The van der Waals surface area contributed by atoms with Gasteiger partial charge < -0.3 is 9.55 Å². The van der Waals surface area contributed by atoms with E-state index < -0.39 is 10.2 Å². The second kappa shape index (κ2) is 9.39. The van der Waals surface area contributed by atoms with Gasteiger partial charge in [-0.1, -0.05) is 57.2 Å². The molecule has 0 aliphatic heterocycles. The van der Waals surface area contributed by atoms with Crippen LogP contribution in [0.15, 0.2) is 64.3 Å². The first kappa shape index (κ1) is 25.4. The molecule has 0 bridgehead atoms. The van der Waals surface area contributed by atoms with Gasteiger partial charge in [-0.05, 0) is 71.8 Å². The molecule has 0 atom stereocenters. The molecule has 39 heavy (non-hydrogen) atoms. The fraction of sp³-hybridized carbons (Fsp3) is 0.281. The molecular formula is C32H29FN2O3S. The minimum atomic E-state index is -4.86. The fourth-order valence-electron chi connectivity index (χ4n) is 6.19. The molecule has 1 saturated carbocycles. The number of nitrogens with zero attached hydrogens (tertiary/aromatic N) is 1. The van der Waals surface area contributed by atoms with E-state index in [9.17, 15) is 17.1 Å². The average Bonchev–Trinajstić information content (AvgIpc) is 3.31. The molecule has 2 heterocycles. The lowest BCUT2D eigenvalue weighted by atomic mass is 9.89. The molecule has 6 rings (SSSR count). The highest BCUT2D eigenvalue weighted by atomic mass is 32.3. The second-order valence-corrected chi connectivity index (χ2v) is 12.2. The van der Waals surface area contributed by atoms with Gasteiger partial charge in [0.15, 0.2) is 5.43 Å². The molecule has 1 fully saturated rings. The smallest absolute Gasteiger partial charge is 0.332 e. The summed E-state index contributed by atoms with van der Waals surface area (Å²) in [6.07, 6.45) is 11.0. The van der Waals surface area contributed by atoms with E-state index in [0.29, 0.717) is 16.3 Å². The number of aromatic amines is 1. The highest BCUT2D eigenvalue weighted by Gasteiger charge is 2.25. The third kappa shape index (κ3) is 4.24. The Bertz CT molecular complexity index is 1990. The fourth-order valence-corrected chi connectivity index (χ4v) is 6.70. The van der Waals surface area contributed by atoms with Gasteiger partial charge in [0, 0.05) is 27.9 Å². The molecule has 1 aliphatic carbocycles. The number of fused-ring (bicyclic) bond motifs is 4. The molecule has 0 radical (unpaired) electrons.